The molecule has 0 saturated carbocycles. The summed E-state index contributed by atoms with van der Waals surface area (Å²) in [6.45, 7) is 9.32. The van der Waals surface area contributed by atoms with Gasteiger partial charge in [0.25, 0.3) is 0 Å². The third kappa shape index (κ3) is 4.04. The molecule has 0 aliphatic rings. The van der Waals surface area contributed by atoms with Crippen LogP contribution in [0.25, 0.3) is 0 Å². The minimum Gasteiger partial charge on any atom is -0.492 e. The summed E-state index contributed by atoms with van der Waals surface area (Å²) < 4.78 is 5.94. The van der Waals surface area contributed by atoms with E-state index in [-0.39, 0.29) is 0 Å². The van der Waals surface area contributed by atoms with E-state index in [0.717, 1.165) is 18.8 Å². The van der Waals surface area contributed by atoms with Crippen molar-refractivity contribution in [1.29, 1.82) is 0 Å². The Morgan fingerprint density at radius 2 is 1.94 bits per heavy atom. The quantitative estimate of drug-likeness (QED) is 0.816. The highest BCUT2D eigenvalue weighted by molar-refractivity contribution is 5.41. The van der Waals surface area contributed by atoms with Crippen LogP contribution in [0.3, 0.4) is 0 Å². The first kappa shape index (κ1) is 14.0. The van der Waals surface area contributed by atoms with Gasteiger partial charge in [0.15, 0.2) is 0 Å². The Kier molecular flexibility index (Phi) is 5.49. The Bertz CT molecular complexity index is 360. The molecule has 96 valence electrons. The van der Waals surface area contributed by atoms with Crippen LogP contribution in [0, 0.1) is 20.8 Å². The van der Waals surface area contributed by atoms with Gasteiger partial charge < -0.3 is 10.1 Å². The van der Waals surface area contributed by atoms with Gasteiger partial charge in [0.2, 0.25) is 0 Å². The predicted octanol–water partition coefficient (Wildman–Crippen LogP) is 3.38. The highest BCUT2D eigenvalue weighted by Gasteiger charge is 2.08. The minimum absolute atomic E-state index is 0.445. The summed E-state index contributed by atoms with van der Waals surface area (Å²) in [5.74, 6) is 1.03. The summed E-state index contributed by atoms with van der Waals surface area (Å²) in [4.78, 5) is 0. The minimum atomic E-state index is 0.445. The van der Waals surface area contributed by atoms with E-state index in [1.165, 1.54) is 23.1 Å². The molecule has 1 aromatic carbocycles. The highest BCUT2D eigenvalue weighted by atomic mass is 16.5. The lowest BCUT2D eigenvalue weighted by molar-refractivity contribution is 0.261. The number of likely N-dealkylation sites (N-methyl/N-ethyl adjacent to an activating group) is 1. The molecular formula is C15H25NO. The maximum atomic E-state index is 5.94. The van der Waals surface area contributed by atoms with Gasteiger partial charge >= 0.3 is 0 Å². The summed E-state index contributed by atoms with van der Waals surface area (Å²) in [5, 5.41) is 3.30. The number of hydrogen-bond donors (Lipinski definition) is 1. The van der Waals surface area contributed by atoms with Crippen molar-refractivity contribution in [1.82, 2.24) is 5.32 Å². The van der Waals surface area contributed by atoms with E-state index in [2.05, 4.69) is 45.1 Å². The molecule has 1 atom stereocenters. The number of benzene rings is 1. The summed E-state index contributed by atoms with van der Waals surface area (Å²) in [7, 11) is 2.00. The van der Waals surface area contributed by atoms with Crippen LogP contribution in [0.1, 0.15) is 36.5 Å². The fourth-order valence-corrected chi connectivity index (χ4v) is 2.00. The lowest BCUT2D eigenvalue weighted by Gasteiger charge is -2.18. The summed E-state index contributed by atoms with van der Waals surface area (Å²) >= 11 is 0. The zero-order valence-corrected chi connectivity index (χ0v) is 11.8. The van der Waals surface area contributed by atoms with Crippen LogP contribution >= 0.6 is 0 Å². The number of nitrogens with one attached hydrogen (secondary N) is 1. The van der Waals surface area contributed by atoms with Gasteiger partial charge in [0, 0.05) is 6.04 Å². The fourth-order valence-electron chi connectivity index (χ4n) is 2.00. The molecule has 1 rings (SSSR count). The molecule has 0 spiro atoms. The Labute approximate surface area is 105 Å². The number of aryl methyl sites for hydroxylation is 2. The van der Waals surface area contributed by atoms with Crippen LogP contribution in [0.15, 0.2) is 12.1 Å². The number of hydrogen-bond acceptors (Lipinski definition) is 2. The van der Waals surface area contributed by atoms with Crippen LogP contribution in [-0.2, 0) is 0 Å². The first-order valence-electron chi connectivity index (χ1n) is 6.46. The molecule has 0 aromatic heterocycles. The van der Waals surface area contributed by atoms with Crippen molar-refractivity contribution in [3.8, 4) is 5.75 Å². The molecule has 1 N–H and O–H groups in total. The van der Waals surface area contributed by atoms with Crippen LogP contribution in [0.2, 0.25) is 0 Å². The molecule has 0 saturated heterocycles. The van der Waals surface area contributed by atoms with E-state index in [4.69, 9.17) is 4.74 Å². The van der Waals surface area contributed by atoms with Gasteiger partial charge in [-0.15, -0.1) is 0 Å². The molecular weight excluding hydrogens is 210 g/mol. The molecule has 2 heteroatoms. The first-order chi connectivity index (χ1) is 8.08. The topological polar surface area (TPSA) is 21.3 Å². The highest BCUT2D eigenvalue weighted by Crippen LogP contribution is 2.23. The van der Waals surface area contributed by atoms with Gasteiger partial charge in [-0.2, -0.15) is 0 Å². The monoisotopic (exact) mass is 235 g/mol. The van der Waals surface area contributed by atoms with Crippen LogP contribution in [0.4, 0.5) is 0 Å². The molecule has 0 aliphatic heterocycles. The van der Waals surface area contributed by atoms with Crippen molar-refractivity contribution in [3.05, 3.63) is 28.8 Å². The van der Waals surface area contributed by atoms with Crippen LogP contribution in [0.5, 0.6) is 5.75 Å². The normalized spacial score (nSPS) is 12.5. The first-order valence-corrected chi connectivity index (χ1v) is 6.46. The van der Waals surface area contributed by atoms with Crippen molar-refractivity contribution in [2.24, 2.45) is 0 Å². The standard InChI is InChI=1S/C15H25NO/c1-6-7-14(16-5)10-17-15-9-11(2)8-12(3)13(15)4/h8-9,14,16H,6-7,10H2,1-5H3. The summed E-state index contributed by atoms with van der Waals surface area (Å²) in [5.41, 5.74) is 3.82. The van der Waals surface area contributed by atoms with Crippen LogP contribution < -0.4 is 10.1 Å². The van der Waals surface area contributed by atoms with Crippen molar-refractivity contribution in [2.45, 2.75) is 46.6 Å². The Morgan fingerprint density at radius 3 is 2.53 bits per heavy atom. The molecule has 17 heavy (non-hydrogen) atoms. The average Bonchev–Trinajstić information content (AvgIpc) is 2.30. The van der Waals surface area contributed by atoms with E-state index in [1.54, 1.807) is 0 Å². The lowest BCUT2D eigenvalue weighted by Crippen LogP contribution is -2.31. The van der Waals surface area contributed by atoms with E-state index < -0.39 is 0 Å². The number of rotatable bonds is 6. The predicted molar refractivity (Wildman–Crippen MR) is 73.9 cm³/mol. The van der Waals surface area contributed by atoms with Gasteiger partial charge in [-0.05, 0) is 57.0 Å². The molecule has 0 heterocycles. The maximum Gasteiger partial charge on any atom is 0.122 e. The van der Waals surface area contributed by atoms with Crippen molar-refractivity contribution in [3.63, 3.8) is 0 Å². The van der Waals surface area contributed by atoms with Gasteiger partial charge in [0.05, 0.1) is 0 Å². The molecule has 1 aromatic rings. The molecule has 0 radical (unpaired) electrons. The van der Waals surface area contributed by atoms with E-state index in [0.29, 0.717) is 6.04 Å². The fraction of sp³-hybridized carbons (Fsp3) is 0.600. The lowest BCUT2D eigenvalue weighted by atomic mass is 10.1. The van der Waals surface area contributed by atoms with Crippen molar-refractivity contribution in [2.75, 3.05) is 13.7 Å². The summed E-state index contributed by atoms with van der Waals surface area (Å²) in [6, 6.07) is 4.77. The third-order valence-electron chi connectivity index (χ3n) is 3.25. The van der Waals surface area contributed by atoms with Gasteiger partial charge in [-0.25, -0.2) is 0 Å². The number of ether oxygens (including phenoxy) is 1. The zero-order chi connectivity index (χ0) is 12.8. The van der Waals surface area contributed by atoms with Crippen LogP contribution in [-0.4, -0.2) is 19.7 Å². The second-order valence-electron chi connectivity index (χ2n) is 4.79. The molecule has 0 aliphatic carbocycles. The Balaban J connectivity index is 2.68. The second-order valence-corrected chi connectivity index (χ2v) is 4.79. The molecule has 0 fully saturated rings. The van der Waals surface area contributed by atoms with Gasteiger partial charge in [-0.1, -0.05) is 19.4 Å². The largest absolute Gasteiger partial charge is 0.492 e. The molecule has 0 bridgehead atoms. The van der Waals surface area contributed by atoms with E-state index >= 15 is 0 Å². The third-order valence-corrected chi connectivity index (χ3v) is 3.25. The average molecular weight is 235 g/mol. The van der Waals surface area contributed by atoms with Gasteiger partial charge in [-0.3, -0.25) is 0 Å². The van der Waals surface area contributed by atoms with Crippen molar-refractivity contribution >= 4 is 0 Å². The SMILES string of the molecule is CCCC(COc1cc(C)cc(C)c1C)NC. The van der Waals surface area contributed by atoms with E-state index in [1.807, 2.05) is 7.05 Å². The molecule has 1 unspecified atom stereocenters. The van der Waals surface area contributed by atoms with E-state index in [9.17, 15) is 0 Å². The Hall–Kier alpha value is -1.02. The van der Waals surface area contributed by atoms with Crippen molar-refractivity contribution < 1.29 is 4.74 Å². The molecule has 0 amide bonds. The zero-order valence-electron chi connectivity index (χ0n) is 11.8. The smallest absolute Gasteiger partial charge is 0.122 e. The summed E-state index contributed by atoms with van der Waals surface area (Å²) in [6.07, 6.45) is 2.33. The Morgan fingerprint density at radius 1 is 1.24 bits per heavy atom. The van der Waals surface area contributed by atoms with Gasteiger partial charge in [0.1, 0.15) is 12.4 Å². The maximum absolute atomic E-state index is 5.94. The molecule has 2 nitrogen and oxygen atoms in total. The second kappa shape index (κ2) is 6.65.